The molecular formula is C32H27N3O. The molecule has 4 nitrogen and oxygen atoms in total. The molecule has 1 atom stereocenters. The summed E-state index contributed by atoms with van der Waals surface area (Å²) >= 11 is 0. The molecule has 36 heavy (non-hydrogen) atoms. The maximum absolute atomic E-state index is 9.49. The third-order valence-electron chi connectivity index (χ3n) is 6.85. The lowest BCUT2D eigenvalue weighted by Crippen LogP contribution is -2.29. The van der Waals surface area contributed by atoms with Gasteiger partial charge in [-0.15, -0.1) is 0 Å². The van der Waals surface area contributed by atoms with Crippen molar-refractivity contribution < 1.29 is 4.74 Å². The Morgan fingerprint density at radius 1 is 1.03 bits per heavy atom. The zero-order valence-corrected chi connectivity index (χ0v) is 20.3. The quantitative estimate of drug-likeness (QED) is 0.290. The summed E-state index contributed by atoms with van der Waals surface area (Å²) in [6, 6.07) is 29.2. The molecule has 0 radical (unpaired) electrons. The molecule has 1 unspecified atom stereocenters. The molecule has 2 heterocycles. The number of nitriles is 1. The van der Waals surface area contributed by atoms with Crippen LogP contribution < -0.4 is 4.90 Å². The minimum Gasteiger partial charge on any atom is -0.483 e. The van der Waals surface area contributed by atoms with Crippen LogP contribution in [0.5, 0.6) is 0 Å². The Morgan fingerprint density at radius 3 is 2.53 bits per heavy atom. The minimum absolute atomic E-state index is 0.109. The number of para-hydroxylation sites is 1. The number of hydrogen-bond donors (Lipinski definition) is 0. The molecule has 0 fully saturated rings. The number of allylic oxidation sites excluding steroid dienone is 3. The summed E-state index contributed by atoms with van der Waals surface area (Å²) in [5.41, 5.74) is 6.08. The molecular weight excluding hydrogens is 442 g/mol. The lowest BCUT2D eigenvalue weighted by atomic mass is 9.85. The van der Waals surface area contributed by atoms with E-state index >= 15 is 0 Å². The van der Waals surface area contributed by atoms with Gasteiger partial charge in [0.25, 0.3) is 5.70 Å². The molecule has 176 valence electrons. The van der Waals surface area contributed by atoms with E-state index in [-0.39, 0.29) is 5.70 Å². The zero-order valence-electron chi connectivity index (χ0n) is 20.3. The van der Waals surface area contributed by atoms with Gasteiger partial charge in [-0.3, -0.25) is 0 Å². The van der Waals surface area contributed by atoms with Gasteiger partial charge in [-0.25, -0.2) is 10.1 Å². The van der Waals surface area contributed by atoms with E-state index in [2.05, 4.69) is 58.3 Å². The maximum atomic E-state index is 9.49. The van der Waals surface area contributed by atoms with Crippen LogP contribution in [0.3, 0.4) is 0 Å². The molecule has 3 aromatic carbocycles. The number of hydrogen-bond acceptors (Lipinski definition) is 3. The topological polar surface area (TPSA) is 40.6 Å². The van der Waals surface area contributed by atoms with Crippen LogP contribution in [-0.2, 0) is 16.8 Å². The fourth-order valence-corrected chi connectivity index (χ4v) is 5.01. The van der Waals surface area contributed by atoms with E-state index in [4.69, 9.17) is 11.3 Å². The molecule has 0 aliphatic carbocycles. The number of anilines is 2. The SMILES string of the molecule is [C-]#[N+]/C(C#N)=C1C=C(/C=C/c2ccc(N3CCCc4ccccc43)cc2)OC(C)(c2ccccc2)C\1. The second kappa shape index (κ2) is 9.98. The number of benzene rings is 3. The smallest absolute Gasteiger partial charge is 0.265 e. The summed E-state index contributed by atoms with van der Waals surface area (Å²) in [5.74, 6) is 0.632. The van der Waals surface area contributed by atoms with Crippen LogP contribution in [0.15, 0.2) is 108 Å². The Bertz CT molecular complexity index is 1420. The first-order valence-corrected chi connectivity index (χ1v) is 12.2. The van der Waals surface area contributed by atoms with Gasteiger partial charge < -0.3 is 9.64 Å². The highest BCUT2D eigenvalue weighted by atomic mass is 16.5. The first-order valence-electron chi connectivity index (χ1n) is 12.2. The molecule has 0 saturated carbocycles. The monoisotopic (exact) mass is 469 g/mol. The standard InChI is InChI=1S/C32H27N3O/c1-32(27-11-4-3-5-12-27)22-26(30(23-33)34-2)21-29(36-32)19-16-24-14-17-28(18-15-24)35-20-8-10-25-9-6-7-13-31(25)35/h3-7,9,11-19,21H,8,10,20,22H2,1H3/b19-16+,30-26+. The first kappa shape index (κ1) is 23.2. The highest BCUT2D eigenvalue weighted by Gasteiger charge is 2.34. The Kier molecular flexibility index (Phi) is 6.44. The van der Waals surface area contributed by atoms with Crippen LogP contribution in [0.2, 0.25) is 0 Å². The number of ether oxygens (including phenoxy) is 1. The maximum Gasteiger partial charge on any atom is 0.265 e. The van der Waals surface area contributed by atoms with Crippen molar-refractivity contribution in [3.8, 4) is 6.07 Å². The second-order valence-corrected chi connectivity index (χ2v) is 9.33. The van der Waals surface area contributed by atoms with Crippen LogP contribution in [0, 0.1) is 17.9 Å². The molecule has 0 saturated heterocycles. The van der Waals surface area contributed by atoms with Crippen molar-refractivity contribution in [3.05, 3.63) is 136 Å². The predicted octanol–water partition coefficient (Wildman–Crippen LogP) is 7.70. The van der Waals surface area contributed by atoms with Crippen LogP contribution in [0.25, 0.3) is 10.9 Å². The molecule has 2 aliphatic heterocycles. The first-order chi connectivity index (χ1) is 17.6. The van der Waals surface area contributed by atoms with Crippen molar-refractivity contribution in [2.45, 2.75) is 31.8 Å². The van der Waals surface area contributed by atoms with Crippen molar-refractivity contribution in [2.75, 3.05) is 11.4 Å². The summed E-state index contributed by atoms with van der Waals surface area (Å²) < 4.78 is 6.43. The fourth-order valence-electron chi connectivity index (χ4n) is 5.01. The van der Waals surface area contributed by atoms with Crippen LogP contribution >= 0.6 is 0 Å². The molecule has 0 bridgehead atoms. The van der Waals surface area contributed by atoms with Gasteiger partial charge in [0, 0.05) is 24.3 Å². The largest absolute Gasteiger partial charge is 0.483 e. The van der Waals surface area contributed by atoms with Gasteiger partial charge in [0.2, 0.25) is 0 Å². The number of rotatable bonds is 4. The van der Waals surface area contributed by atoms with E-state index < -0.39 is 5.60 Å². The molecule has 4 heteroatoms. The van der Waals surface area contributed by atoms with Crippen molar-refractivity contribution in [1.82, 2.24) is 0 Å². The Morgan fingerprint density at radius 2 is 1.78 bits per heavy atom. The number of fused-ring (bicyclic) bond motifs is 1. The summed E-state index contributed by atoms with van der Waals surface area (Å²) in [6.07, 6.45) is 8.49. The van der Waals surface area contributed by atoms with Gasteiger partial charge in [0.15, 0.2) is 0 Å². The Labute approximate surface area is 212 Å². The third kappa shape index (κ3) is 4.67. The fraction of sp³-hybridized carbons (Fsp3) is 0.188. The second-order valence-electron chi connectivity index (χ2n) is 9.33. The summed E-state index contributed by atoms with van der Waals surface area (Å²) in [5, 5.41) is 9.49. The number of nitrogens with zero attached hydrogens (tertiary/aromatic N) is 3. The van der Waals surface area contributed by atoms with E-state index in [1.165, 1.54) is 16.9 Å². The van der Waals surface area contributed by atoms with Gasteiger partial charge in [-0.2, -0.15) is 0 Å². The Balaban J connectivity index is 1.41. The lowest BCUT2D eigenvalue weighted by molar-refractivity contribution is 0.0143. The summed E-state index contributed by atoms with van der Waals surface area (Å²) in [6.45, 7) is 10.5. The minimum atomic E-state index is -0.663. The van der Waals surface area contributed by atoms with Crippen molar-refractivity contribution in [1.29, 1.82) is 5.26 Å². The average Bonchev–Trinajstić information content (AvgIpc) is 2.93. The van der Waals surface area contributed by atoms with Crippen molar-refractivity contribution >= 4 is 17.5 Å². The van der Waals surface area contributed by atoms with Gasteiger partial charge >= 0.3 is 0 Å². The molecule has 0 aromatic heterocycles. The lowest BCUT2D eigenvalue weighted by Gasteiger charge is -2.36. The molecule has 0 N–H and O–H groups in total. The van der Waals surface area contributed by atoms with E-state index in [1.54, 1.807) is 0 Å². The van der Waals surface area contributed by atoms with Gasteiger partial charge in [0.05, 0.1) is 12.6 Å². The van der Waals surface area contributed by atoms with Gasteiger partial charge in [-0.1, -0.05) is 66.7 Å². The van der Waals surface area contributed by atoms with E-state index in [9.17, 15) is 5.26 Å². The van der Waals surface area contributed by atoms with E-state index in [0.29, 0.717) is 17.8 Å². The molecule has 0 amide bonds. The summed E-state index contributed by atoms with van der Waals surface area (Å²) in [4.78, 5) is 5.84. The van der Waals surface area contributed by atoms with Gasteiger partial charge in [0.1, 0.15) is 11.4 Å². The van der Waals surface area contributed by atoms with Crippen LogP contribution in [-0.4, -0.2) is 6.54 Å². The van der Waals surface area contributed by atoms with Crippen LogP contribution in [0.4, 0.5) is 11.4 Å². The van der Waals surface area contributed by atoms with Crippen molar-refractivity contribution in [3.63, 3.8) is 0 Å². The summed E-state index contributed by atoms with van der Waals surface area (Å²) in [7, 11) is 0. The highest BCUT2D eigenvalue weighted by Crippen LogP contribution is 2.40. The third-order valence-corrected chi connectivity index (χ3v) is 6.85. The molecule has 0 spiro atoms. The van der Waals surface area contributed by atoms with E-state index in [1.807, 2.05) is 61.6 Å². The molecule has 5 rings (SSSR count). The average molecular weight is 470 g/mol. The van der Waals surface area contributed by atoms with Crippen molar-refractivity contribution in [2.24, 2.45) is 0 Å². The highest BCUT2D eigenvalue weighted by molar-refractivity contribution is 5.69. The van der Waals surface area contributed by atoms with Crippen LogP contribution in [0.1, 0.15) is 36.5 Å². The predicted molar refractivity (Wildman–Crippen MR) is 144 cm³/mol. The van der Waals surface area contributed by atoms with Gasteiger partial charge in [-0.05, 0) is 72.4 Å². The normalized spacial score (nSPS) is 20.5. The Hall–Kier alpha value is -4.54. The number of aryl methyl sites for hydroxylation is 1. The molecule has 3 aromatic rings. The van der Waals surface area contributed by atoms with E-state index in [0.717, 1.165) is 30.5 Å². The zero-order chi connectivity index (χ0) is 25.0. The molecule has 2 aliphatic rings.